The summed E-state index contributed by atoms with van der Waals surface area (Å²) in [6, 6.07) is 13.9. The minimum Gasteiger partial charge on any atom is -0.337 e. The molecule has 4 rings (SSSR count). The van der Waals surface area contributed by atoms with Gasteiger partial charge in [-0.3, -0.25) is 15.5 Å². The third-order valence-corrected chi connectivity index (χ3v) is 4.94. The molecular formula is C20H24N6O. The molecule has 0 bridgehead atoms. The molecule has 1 aromatic heterocycles. The molecule has 1 aliphatic rings. The van der Waals surface area contributed by atoms with Crippen LogP contribution >= 0.6 is 0 Å². The number of hydrazine groups is 1. The maximum atomic E-state index is 12.1. The van der Waals surface area contributed by atoms with E-state index in [-0.39, 0.29) is 6.03 Å². The van der Waals surface area contributed by atoms with E-state index in [1.54, 1.807) is 0 Å². The number of aryl methyl sites for hydroxylation is 2. The number of anilines is 1. The van der Waals surface area contributed by atoms with Gasteiger partial charge in [0.05, 0.1) is 5.52 Å². The number of urea groups is 1. The van der Waals surface area contributed by atoms with E-state index in [1.807, 2.05) is 36.0 Å². The Bertz CT molecular complexity index is 957. The third kappa shape index (κ3) is 3.65. The molecule has 27 heavy (non-hydrogen) atoms. The smallest absolute Gasteiger partial charge is 0.319 e. The number of para-hydroxylation sites is 1. The Morgan fingerprint density at radius 3 is 2.67 bits per heavy atom. The summed E-state index contributed by atoms with van der Waals surface area (Å²) >= 11 is 0. The van der Waals surface area contributed by atoms with Crippen molar-refractivity contribution in [3.05, 3.63) is 48.0 Å². The molecule has 0 unspecified atom stereocenters. The molecule has 0 aliphatic carbocycles. The van der Waals surface area contributed by atoms with Gasteiger partial charge in [0.1, 0.15) is 5.69 Å². The molecule has 0 radical (unpaired) electrons. The average Bonchev–Trinajstić information content (AvgIpc) is 3.29. The Morgan fingerprint density at radius 2 is 1.93 bits per heavy atom. The summed E-state index contributed by atoms with van der Waals surface area (Å²) in [5.74, 6) is 0.416. The number of carbonyl (C=O) groups excluding carboxylic acids is 1. The molecule has 0 atom stereocenters. The standard InChI is InChI=1S/C20H24N6O/c1-13-4-3-5-17-18(25-26(2)19(13)17)15-6-8-16(9-7-15)24-20(27)21-10-14-11-22-23-12-14/h3-9,14,22-23H,10-12H2,1-2H3,(H2,21,24,27). The Labute approximate surface area is 158 Å². The van der Waals surface area contributed by atoms with Crippen molar-refractivity contribution >= 4 is 22.6 Å². The van der Waals surface area contributed by atoms with Crippen molar-refractivity contribution in [3.8, 4) is 11.3 Å². The number of nitrogens with one attached hydrogen (secondary N) is 4. The van der Waals surface area contributed by atoms with Crippen LogP contribution in [0.4, 0.5) is 10.5 Å². The van der Waals surface area contributed by atoms with Gasteiger partial charge >= 0.3 is 6.03 Å². The fourth-order valence-electron chi connectivity index (χ4n) is 3.52. The highest BCUT2D eigenvalue weighted by Gasteiger charge is 2.15. The first-order valence-electron chi connectivity index (χ1n) is 9.15. The first kappa shape index (κ1) is 17.5. The van der Waals surface area contributed by atoms with E-state index in [0.29, 0.717) is 12.5 Å². The summed E-state index contributed by atoms with van der Waals surface area (Å²) in [6.07, 6.45) is 0. The molecule has 1 fully saturated rings. The van der Waals surface area contributed by atoms with Crippen molar-refractivity contribution < 1.29 is 4.79 Å². The molecule has 0 saturated carbocycles. The highest BCUT2D eigenvalue weighted by Crippen LogP contribution is 2.29. The number of carbonyl (C=O) groups is 1. The van der Waals surface area contributed by atoms with E-state index in [9.17, 15) is 4.79 Å². The zero-order chi connectivity index (χ0) is 18.8. The third-order valence-electron chi connectivity index (χ3n) is 4.94. The summed E-state index contributed by atoms with van der Waals surface area (Å²) in [5.41, 5.74) is 11.2. The van der Waals surface area contributed by atoms with Crippen LogP contribution in [0.2, 0.25) is 0 Å². The maximum Gasteiger partial charge on any atom is 0.319 e. The van der Waals surface area contributed by atoms with Gasteiger partial charge in [-0.2, -0.15) is 5.10 Å². The van der Waals surface area contributed by atoms with Crippen LogP contribution in [0.25, 0.3) is 22.2 Å². The number of amides is 2. The van der Waals surface area contributed by atoms with Crippen LogP contribution in [0.5, 0.6) is 0 Å². The van der Waals surface area contributed by atoms with Gasteiger partial charge in [0.15, 0.2) is 0 Å². The minimum absolute atomic E-state index is 0.187. The van der Waals surface area contributed by atoms with Gasteiger partial charge in [0.2, 0.25) is 0 Å². The van der Waals surface area contributed by atoms with Crippen molar-refractivity contribution in [2.45, 2.75) is 6.92 Å². The second-order valence-corrected chi connectivity index (χ2v) is 6.98. The van der Waals surface area contributed by atoms with Crippen LogP contribution in [-0.2, 0) is 7.05 Å². The highest BCUT2D eigenvalue weighted by atomic mass is 16.2. The number of nitrogens with zero attached hydrogens (tertiary/aromatic N) is 2. The van der Waals surface area contributed by atoms with Gasteiger partial charge in [0, 0.05) is 49.2 Å². The van der Waals surface area contributed by atoms with Gasteiger partial charge in [-0.15, -0.1) is 0 Å². The summed E-state index contributed by atoms with van der Waals surface area (Å²) < 4.78 is 1.92. The number of hydrogen-bond acceptors (Lipinski definition) is 4. The molecule has 0 spiro atoms. The van der Waals surface area contributed by atoms with Crippen LogP contribution < -0.4 is 21.5 Å². The monoisotopic (exact) mass is 364 g/mol. The Hall–Kier alpha value is -2.90. The van der Waals surface area contributed by atoms with Crippen molar-refractivity contribution in [3.63, 3.8) is 0 Å². The second kappa shape index (κ2) is 7.38. The quantitative estimate of drug-likeness (QED) is 0.573. The molecule has 1 aliphatic heterocycles. The summed E-state index contributed by atoms with van der Waals surface area (Å²) in [7, 11) is 1.97. The number of aromatic nitrogens is 2. The van der Waals surface area contributed by atoms with E-state index in [2.05, 4.69) is 46.6 Å². The lowest BCUT2D eigenvalue weighted by atomic mass is 10.1. The number of fused-ring (bicyclic) bond motifs is 1. The number of hydrogen-bond donors (Lipinski definition) is 4. The van der Waals surface area contributed by atoms with E-state index < -0.39 is 0 Å². The van der Waals surface area contributed by atoms with Gasteiger partial charge < -0.3 is 10.6 Å². The predicted octanol–water partition coefficient (Wildman–Crippen LogP) is 2.39. The zero-order valence-corrected chi connectivity index (χ0v) is 15.5. The van der Waals surface area contributed by atoms with E-state index in [1.165, 1.54) is 5.56 Å². The topological polar surface area (TPSA) is 83.0 Å². The van der Waals surface area contributed by atoms with Crippen molar-refractivity contribution in [1.29, 1.82) is 0 Å². The molecule has 2 aromatic carbocycles. The molecular weight excluding hydrogens is 340 g/mol. The Morgan fingerprint density at radius 1 is 1.19 bits per heavy atom. The van der Waals surface area contributed by atoms with Crippen LogP contribution in [-0.4, -0.2) is 35.4 Å². The molecule has 140 valence electrons. The first-order valence-corrected chi connectivity index (χ1v) is 9.15. The molecule has 3 aromatic rings. The lowest BCUT2D eigenvalue weighted by Crippen LogP contribution is -2.34. The second-order valence-electron chi connectivity index (χ2n) is 6.98. The predicted molar refractivity (Wildman–Crippen MR) is 107 cm³/mol. The van der Waals surface area contributed by atoms with E-state index in [0.717, 1.165) is 40.9 Å². The lowest BCUT2D eigenvalue weighted by Gasteiger charge is -2.11. The van der Waals surface area contributed by atoms with Gasteiger partial charge in [-0.1, -0.05) is 30.3 Å². The van der Waals surface area contributed by atoms with E-state index >= 15 is 0 Å². The molecule has 4 N–H and O–H groups in total. The Kier molecular flexibility index (Phi) is 4.79. The van der Waals surface area contributed by atoms with Gasteiger partial charge in [-0.25, -0.2) is 4.79 Å². The fraction of sp³-hybridized carbons (Fsp3) is 0.300. The molecule has 2 amide bonds. The highest BCUT2D eigenvalue weighted by molar-refractivity contribution is 5.95. The summed E-state index contributed by atoms with van der Waals surface area (Å²) in [4.78, 5) is 12.1. The normalized spacial score (nSPS) is 14.6. The van der Waals surface area contributed by atoms with Gasteiger partial charge in [0.25, 0.3) is 0 Å². The fourth-order valence-corrected chi connectivity index (χ4v) is 3.52. The number of benzene rings is 2. The molecule has 1 saturated heterocycles. The van der Waals surface area contributed by atoms with Crippen molar-refractivity contribution in [2.75, 3.05) is 25.0 Å². The van der Waals surface area contributed by atoms with Crippen molar-refractivity contribution in [1.82, 2.24) is 25.9 Å². The van der Waals surface area contributed by atoms with Crippen LogP contribution in [0, 0.1) is 12.8 Å². The maximum absolute atomic E-state index is 12.1. The zero-order valence-electron chi connectivity index (χ0n) is 15.5. The summed E-state index contributed by atoms with van der Waals surface area (Å²) in [5, 5.41) is 11.6. The van der Waals surface area contributed by atoms with Crippen molar-refractivity contribution in [2.24, 2.45) is 13.0 Å². The molecule has 2 heterocycles. The number of rotatable bonds is 4. The molecule has 7 nitrogen and oxygen atoms in total. The largest absolute Gasteiger partial charge is 0.337 e. The van der Waals surface area contributed by atoms with Crippen LogP contribution in [0.1, 0.15) is 5.56 Å². The van der Waals surface area contributed by atoms with E-state index in [4.69, 9.17) is 5.10 Å². The van der Waals surface area contributed by atoms with Gasteiger partial charge in [-0.05, 0) is 24.6 Å². The Balaban J connectivity index is 1.46. The minimum atomic E-state index is -0.187. The average molecular weight is 364 g/mol. The first-order chi connectivity index (χ1) is 13.1. The summed E-state index contributed by atoms with van der Waals surface area (Å²) in [6.45, 7) is 4.47. The molecule has 7 heteroatoms. The van der Waals surface area contributed by atoms with Crippen LogP contribution in [0.15, 0.2) is 42.5 Å². The SMILES string of the molecule is Cc1cccc2c(-c3ccc(NC(=O)NCC4CNNC4)cc3)nn(C)c12. The van der Waals surface area contributed by atoms with Crippen LogP contribution in [0.3, 0.4) is 0 Å². The lowest BCUT2D eigenvalue weighted by molar-refractivity contribution is 0.250.